The molecule has 1 heterocycles. The van der Waals surface area contributed by atoms with Gasteiger partial charge in [-0.15, -0.1) is 0 Å². The third-order valence-electron chi connectivity index (χ3n) is 2.99. The summed E-state index contributed by atoms with van der Waals surface area (Å²) in [6.45, 7) is 2.04. The van der Waals surface area contributed by atoms with Crippen LogP contribution in [0.15, 0.2) is 42.7 Å². The standard InChI is InChI=1S/C15H18N2O/c1-11-3-4-13(15(9-11)18-2)14(16)10-12-5-7-17-8-6-12/h3-9,14H,10,16H2,1-2H3. The molecule has 3 nitrogen and oxygen atoms in total. The molecule has 0 aliphatic carbocycles. The Balaban J connectivity index is 2.21. The van der Waals surface area contributed by atoms with Gasteiger partial charge in [0.2, 0.25) is 0 Å². The summed E-state index contributed by atoms with van der Waals surface area (Å²) in [5.41, 5.74) is 9.65. The number of nitrogens with two attached hydrogens (primary N) is 1. The minimum absolute atomic E-state index is 0.0667. The van der Waals surface area contributed by atoms with Gasteiger partial charge in [0.1, 0.15) is 5.75 Å². The molecule has 0 bridgehead atoms. The first-order chi connectivity index (χ1) is 8.70. The van der Waals surface area contributed by atoms with E-state index in [0.29, 0.717) is 0 Å². The van der Waals surface area contributed by atoms with Crippen molar-refractivity contribution in [2.24, 2.45) is 5.73 Å². The number of hydrogen-bond acceptors (Lipinski definition) is 3. The predicted molar refractivity (Wildman–Crippen MR) is 72.6 cm³/mol. The molecule has 0 saturated heterocycles. The van der Waals surface area contributed by atoms with Crippen molar-refractivity contribution in [2.75, 3.05) is 7.11 Å². The molecule has 0 fully saturated rings. The first-order valence-corrected chi connectivity index (χ1v) is 5.99. The van der Waals surface area contributed by atoms with E-state index in [9.17, 15) is 0 Å². The van der Waals surface area contributed by atoms with Gasteiger partial charge in [-0.05, 0) is 42.7 Å². The lowest BCUT2D eigenvalue weighted by Crippen LogP contribution is -2.14. The zero-order valence-corrected chi connectivity index (χ0v) is 10.8. The molecule has 1 aromatic heterocycles. The lowest BCUT2D eigenvalue weighted by atomic mass is 9.98. The molecule has 0 aliphatic rings. The van der Waals surface area contributed by atoms with Crippen molar-refractivity contribution in [2.45, 2.75) is 19.4 Å². The minimum Gasteiger partial charge on any atom is -0.496 e. The lowest BCUT2D eigenvalue weighted by Gasteiger charge is -2.16. The molecule has 1 atom stereocenters. The van der Waals surface area contributed by atoms with E-state index in [-0.39, 0.29) is 6.04 Å². The number of aryl methyl sites for hydroxylation is 1. The number of pyridine rings is 1. The maximum Gasteiger partial charge on any atom is 0.123 e. The third-order valence-corrected chi connectivity index (χ3v) is 2.99. The monoisotopic (exact) mass is 242 g/mol. The largest absolute Gasteiger partial charge is 0.496 e. The van der Waals surface area contributed by atoms with E-state index in [1.54, 1.807) is 19.5 Å². The van der Waals surface area contributed by atoms with Crippen LogP contribution < -0.4 is 10.5 Å². The molecule has 1 unspecified atom stereocenters. The fraction of sp³-hybridized carbons (Fsp3) is 0.267. The highest BCUT2D eigenvalue weighted by atomic mass is 16.5. The first kappa shape index (κ1) is 12.6. The minimum atomic E-state index is -0.0667. The molecule has 1 aromatic carbocycles. The normalized spacial score (nSPS) is 12.2. The van der Waals surface area contributed by atoms with Crippen molar-refractivity contribution in [3.63, 3.8) is 0 Å². The second-order valence-electron chi connectivity index (χ2n) is 4.41. The van der Waals surface area contributed by atoms with Crippen LogP contribution in [-0.4, -0.2) is 12.1 Å². The summed E-state index contributed by atoms with van der Waals surface area (Å²) in [5.74, 6) is 0.858. The van der Waals surface area contributed by atoms with E-state index in [1.807, 2.05) is 31.2 Å². The first-order valence-electron chi connectivity index (χ1n) is 5.99. The highest BCUT2D eigenvalue weighted by molar-refractivity contribution is 5.39. The fourth-order valence-electron chi connectivity index (χ4n) is 2.01. The van der Waals surface area contributed by atoms with E-state index < -0.39 is 0 Å². The topological polar surface area (TPSA) is 48.1 Å². The van der Waals surface area contributed by atoms with Gasteiger partial charge in [0.05, 0.1) is 7.11 Å². The number of hydrogen-bond donors (Lipinski definition) is 1. The molecule has 2 aromatic rings. The molecule has 2 N–H and O–H groups in total. The molecule has 0 amide bonds. The van der Waals surface area contributed by atoms with E-state index in [1.165, 1.54) is 11.1 Å². The molecule has 0 radical (unpaired) electrons. The van der Waals surface area contributed by atoms with Gasteiger partial charge in [-0.3, -0.25) is 4.98 Å². The maximum atomic E-state index is 6.25. The van der Waals surface area contributed by atoms with Gasteiger partial charge < -0.3 is 10.5 Å². The van der Waals surface area contributed by atoms with Crippen LogP contribution in [-0.2, 0) is 6.42 Å². The highest BCUT2D eigenvalue weighted by Gasteiger charge is 2.12. The van der Waals surface area contributed by atoms with Crippen LogP contribution in [0.25, 0.3) is 0 Å². The zero-order valence-electron chi connectivity index (χ0n) is 10.8. The summed E-state index contributed by atoms with van der Waals surface area (Å²) in [5, 5.41) is 0. The highest BCUT2D eigenvalue weighted by Crippen LogP contribution is 2.26. The second kappa shape index (κ2) is 5.65. The van der Waals surface area contributed by atoms with E-state index in [4.69, 9.17) is 10.5 Å². The van der Waals surface area contributed by atoms with Crippen molar-refractivity contribution >= 4 is 0 Å². The SMILES string of the molecule is COc1cc(C)ccc1C(N)Cc1ccncc1. The fourth-order valence-corrected chi connectivity index (χ4v) is 2.01. The second-order valence-corrected chi connectivity index (χ2v) is 4.41. The molecule has 0 saturated carbocycles. The number of benzene rings is 1. The zero-order chi connectivity index (χ0) is 13.0. The molecule has 3 heteroatoms. The average Bonchev–Trinajstić information content (AvgIpc) is 2.39. The number of ether oxygens (including phenoxy) is 1. The van der Waals surface area contributed by atoms with Crippen LogP contribution in [0, 0.1) is 6.92 Å². The molecule has 18 heavy (non-hydrogen) atoms. The van der Waals surface area contributed by atoms with Crippen LogP contribution in [0.3, 0.4) is 0 Å². The summed E-state index contributed by atoms with van der Waals surface area (Å²) >= 11 is 0. The van der Waals surface area contributed by atoms with E-state index in [0.717, 1.165) is 17.7 Å². The molecule has 0 spiro atoms. The summed E-state index contributed by atoms with van der Waals surface area (Å²) < 4.78 is 5.39. The van der Waals surface area contributed by atoms with Gasteiger partial charge in [0.15, 0.2) is 0 Å². The van der Waals surface area contributed by atoms with Crippen molar-refractivity contribution in [1.29, 1.82) is 0 Å². The Labute approximate surface area is 108 Å². The Hall–Kier alpha value is -1.87. The molecule has 2 rings (SSSR count). The maximum absolute atomic E-state index is 6.25. The van der Waals surface area contributed by atoms with Gasteiger partial charge in [-0.2, -0.15) is 0 Å². The van der Waals surface area contributed by atoms with E-state index in [2.05, 4.69) is 11.1 Å². The van der Waals surface area contributed by atoms with Crippen LogP contribution in [0.5, 0.6) is 5.75 Å². The Bertz CT molecular complexity index is 511. The number of rotatable bonds is 4. The van der Waals surface area contributed by atoms with Gasteiger partial charge in [0, 0.05) is 24.0 Å². The summed E-state index contributed by atoms with van der Waals surface area (Å²) in [6.07, 6.45) is 4.35. The van der Waals surface area contributed by atoms with Crippen molar-refractivity contribution in [1.82, 2.24) is 4.98 Å². The van der Waals surface area contributed by atoms with Crippen molar-refractivity contribution in [3.05, 3.63) is 59.4 Å². The quantitative estimate of drug-likeness (QED) is 0.896. The van der Waals surface area contributed by atoms with Crippen LogP contribution in [0.2, 0.25) is 0 Å². The van der Waals surface area contributed by atoms with Gasteiger partial charge >= 0.3 is 0 Å². The van der Waals surface area contributed by atoms with Crippen molar-refractivity contribution in [3.8, 4) is 5.75 Å². The molecular formula is C15H18N2O. The predicted octanol–water partition coefficient (Wildman–Crippen LogP) is 2.64. The summed E-state index contributed by atoms with van der Waals surface area (Å²) in [7, 11) is 1.68. The lowest BCUT2D eigenvalue weighted by molar-refractivity contribution is 0.405. The smallest absolute Gasteiger partial charge is 0.123 e. The molecular weight excluding hydrogens is 224 g/mol. The number of methoxy groups -OCH3 is 1. The Morgan fingerprint density at radius 3 is 2.61 bits per heavy atom. The van der Waals surface area contributed by atoms with Gasteiger partial charge in [-0.25, -0.2) is 0 Å². The Kier molecular flexibility index (Phi) is 3.95. The summed E-state index contributed by atoms with van der Waals surface area (Å²) in [4.78, 5) is 4.01. The van der Waals surface area contributed by atoms with Crippen LogP contribution in [0.1, 0.15) is 22.7 Å². The van der Waals surface area contributed by atoms with Crippen LogP contribution in [0.4, 0.5) is 0 Å². The average molecular weight is 242 g/mol. The Morgan fingerprint density at radius 1 is 1.22 bits per heavy atom. The summed E-state index contributed by atoms with van der Waals surface area (Å²) in [6, 6.07) is 10.0. The Morgan fingerprint density at radius 2 is 1.94 bits per heavy atom. The van der Waals surface area contributed by atoms with Gasteiger partial charge in [-0.1, -0.05) is 12.1 Å². The molecule has 0 aliphatic heterocycles. The third kappa shape index (κ3) is 2.87. The van der Waals surface area contributed by atoms with Crippen LogP contribution >= 0.6 is 0 Å². The van der Waals surface area contributed by atoms with Crippen molar-refractivity contribution < 1.29 is 4.74 Å². The number of aromatic nitrogens is 1. The van der Waals surface area contributed by atoms with E-state index >= 15 is 0 Å². The van der Waals surface area contributed by atoms with Gasteiger partial charge in [0.25, 0.3) is 0 Å². The number of nitrogens with zero attached hydrogens (tertiary/aromatic N) is 1. The molecule has 94 valence electrons.